The SMILES string of the molecule is CC.COC(=O)CC(=O)c1ccccc1. The van der Waals surface area contributed by atoms with Gasteiger partial charge in [-0.05, 0) is 0 Å². The Labute approximate surface area is 90.1 Å². The monoisotopic (exact) mass is 208 g/mol. The Bertz CT molecular complexity index is 304. The maximum absolute atomic E-state index is 11.3. The molecule has 3 nitrogen and oxygen atoms in total. The molecular formula is C12H16O3. The predicted molar refractivity (Wildman–Crippen MR) is 58.8 cm³/mol. The number of Topliss-reactive ketones (excluding diaryl/α,β-unsaturated/α-hetero) is 1. The summed E-state index contributed by atoms with van der Waals surface area (Å²) in [6, 6.07) is 8.67. The first-order valence-electron chi connectivity index (χ1n) is 4.89. The van der Waals surface area contributed by atoms with Gasteiger partial charge in [0.2, 0.25) is 0 Å². The first-order chi connectivity index (χ1) is 7.24. The van der Waals surface area contributed by atoms with Gasteiger partial charge in [0, 0.05) is 5.56 Å². The van der Waals surface area contributed by atoms with Crippen LogP contribution in [0.5, 0.6) is 0 Å². The molecule has 1 aromatic carbocycles. The van der Waals surface area contributed by atoms with Crippen LogP contribution in [0.3, 0.4) is 0 Å². The van der Waals surface area contributed by atoms with Gasteiger partial charge >= 0.3 is 5.97 Å². The van der Waals surface area contributed by atoms with Crippen LogP contribution >= 0.6 is 0 Å². The van der Waals surface area contributed by atoms with E-state index >= 15 is 0 Å². The van der Waals surface area contributed by atoms with Gasteiger partial charge in [0.05, 0.1) is 7.11 Å². The number of ketones is 1. The van der Waals surface area contributed by atoms with E-state index in [-0.39, 0.29) is 12.2 Å². The van der Waals surface area contributed by atoms with Crippen LogP contribution in [0.4, 0.5) is 0 Å². The number of methoxy groups -OCH3 is 1. The van der Waals surface area contributed by atoms with Crippen molar-refractivity contribution in [2.24, 2.45) is 0 Å². The Balaban J connectivity index is 0.000000921. The van der Waals surface area contributed by atoms with Gasteiger partial charge in [-0.2, -0.15) is 0 Å². The summed E-state index contributed by atoms with van der Waals surface area (Å²) in [5.41, 5.74) is 0.535. The molecule has 0 bridgehead atoms. The fourth-order valence-electron chi connectivity index (χ4n) is 0.929. The zero-order valence-electron chi connectivity index (χ0n) is 9.32. The van der Waals surface area contributed by atoms with E-state index in [0.717, 1.165) is 0 Å². The first-order valence-corrected chi connectivity index (χ1v) is 4.89. The van der Waals surface area contributed by atoms with E-state index in [1.807, 2.05) is 19.9 Å². The van der Waals surface area contributed by atoms with E-state index in [0.29, 0.717) is 5.56 Å². The molecule has 0 fully saturated rings. The lowest BCUT2D eigenvalue weighted by Crippen LogP contribution is -2.09. The molecule has 1 aromatic rings. The fraction of sp³-hybridized carbons (Fsp3) is 0.333. The largest absolute Gasteiger partial charge is 0.469 e. The lowest BCUT2D eigenvalue weighted by molar-refractivity contribution is -0.139. The summed E-state index contributed by atoms with van der Waals surface area (Å²) in [6.07, 6.45) is -0.194. The predicted octanol–water partition coefficient (Wildman–Crippen LogP) is 2.46. The highest BCUT2D eigenvalue weighted by Crippen LogP contribution is 2.03. The maximum atomic E-state index is 11.3. The number of ether oxygens (including phenoxy) is 1. The smallest absolute Gasteiger partial charge is 0.313 e. The summed E-state index contributed by atoms with van der Waals surface area (Å²) in [7, 11) is 1.26. The number of carbonyl (C=O) groups is 2. The van der Waals surface area contributed by atoms with Gasteiger partial charge in [0.15, 0.2) is 5.78 Å². The average molecular weight is 208 g/mol. The number of hydrogen-bond acceptors (Lipinski definition) is 3. The Morgan fingerprint density at radius 1 is 1.13 bits per heavy atom. The summed E-state index contributed by atoms with van der Waals surface area (Å²) in [5, 5.41) is 0. The normalized spacial score (nSPS) is 8.47. The van der Waals surface area contributed by atoms with Crippen molar-refractivity contribution in [3.05, 3.63) is 35.9 Å². The number of esters is 1. The van der Waals surface area contributed by atoms with Gasteiger partial charge in [-0.1, -0.05) is 44.2 Å². The van der Waals surface area contributed by atoms with Crippen molar-refractivity contribution in [2.45, 2.75) is 20.3 Å². The molecular weight excluding hydrogens is 192 g/mol. The van der Waals surface area contributed by atoms with Crippen LogP contribution in [0, 0.1) is 0 Å². The third kappa shape index (κ3) is 4.96. The second-order valence-electron chi connectivity index (χ2n) is 2.54. The van der Waals surface area contributed by atoms with Crippen LogP contribution in [0.1, 0.15) is 30.6 Å². The molecule has 3 heteroatoms. The number of hydrogen-bond donors (Lipinski definition) is 0. The number of rotatable bonds is 3. The van der Waals surface area contributed by atoms with Gasteiger partial charge in [-0.3, -0.25) is 9.59 Å². The minimum atomic E-state index is -0.506. The summed E-state index contributed by atoms with van der Waals surface area (Å²) in [5.74, 6) is -0.721. The summed E-state index contributed by atoms with van der Waals surface area (Å²) in [6.45, 7) is 4.00. The average Bonchev–Trinajstić information content (AvgIpc) is 2.32. The molecule has 1 rings (SSSR count). The molecule has 0 radical (unpaired) electrons. The van der Waals surface area contributed by atoms with Crippen molar-refractivity contribution in [1.29, 1.82) is 0 Å². The highest BCUT2D eigenvalue weighted by molar-refractivity contribution is 6.05. The standard InChI is InChI=1S/C10H10O3.C2H6/c1-13-10(12)7-9(11)8-5-3-2-4-6-8;1-2/h2-6H,7H2,1H3;1-2H3. The van der Waals surface area contributed by atoms with Crippen molar-refractivity contribution in [2.75, 3.05) is 7.11 Å². The molecule has 0 atom stereocenters. The Morgan fingerprint density at radius 3 is 2.13 bits per heavy atom. The minimum absolute atomic E-state index is 0.194. The van der Waals surface area contributed by atoms with E-state index < -0.39 is 5.97 Å². The van der Waals surface area contributed by atoms with Gasteiger partial charge in [0.25, 0.3) is 0 Å². The highest BCUT2D eigenvalue weighted by atomic mass is 16.5. The van der Waals surface area contributed by atoms with Crippen LogP contribution in [0.15, 0.2) is 30.3 Å². The quantitative estimate of drug-likeness (QED) is 0.435. The third-order valence-electron chi connectivity index (χ3n) is 1.63. The van der Waals surface area contributed by atoms with Gasteiger partial charge < -0.3 is 4.74 Å². The fourth-order valence-corrected chi connectivity index (χ4v) is 0.929. The zero-order chi connectivity index (χ0) is 11.7. The van der Waals surface area contributed by atoms with Crippen molar-refractivity contribution in [3.63, 3.8) is 0 Å². The molecule has 0 amide bonds. The van der Waals surface area contributed by atoms with Gasteiger partial charge in [-0.15, -0.1) is 0 Å². The van der Waals surface area contributed by atoms with E-state index in [9.17, 15) is 9.59 Å². The summed E-state index contributed by atoms with van der Waals surface area (Å²) >= 11 is 0. The molecule has 0 heterocycles. The van der Waals surface area contributed by atoms with Crippen molar-refractivity contribution in [3.8, 4) is 0 Å². The third-order valence-corrected chi connectivity index (χ3v) is 1.63. The summed E-state index contributed by atoms with van der Waals surface area (Å²) < 4.78 is 4.38. The van der Waals surface area contributed by atoms with Crippen LogP contribution in [0.2, 0.25) is 0 Å². The summed E-state index contributed by atoms with van der Waals surface area (Å²) in [4.78, 5) is 22.1. The molecule has 0 aliphatic rings. The molecule has 0 spiro atoms. The highest BCUT2D eigenvalue weighted by Gasteiger charge is 2.10. The molecule has 0 aliphatic carbocycles. The van der Waals surface area contributed by atoms with E-state index in [2.05, 4.69) is 4.74 Å². The molecule has 0 unspecified atom stereocenters. The molecule has 0 aliphatic heterocycles. The Morgan fingerprint density at radius 2 is 1.67 bits per heavy atom. The van der Waals surface area contributed by atoms with Gasteiger partial charge in [0.1, 0.15) is 6.42 Å². The molecule has 0 saturated heterocycles. The molecule has 15 heavy (non-hydrogen) atoms. The van der Waals surface area contributed by atoms with Crippen molar-refractivity contribution < 1.29 is 14.3 Å². The van der Waals surface area contributed by atoms with Crippen molar-refractivity contribution >= 4 is 11.8 Å². The van der Waals surface area contributed by atoms with Crippen molar-refractivity contribution in [1.82, 2.24) is 0 Å². The Hall–Kier alpha value is -1.64. The molecule has 0 aromatic heterocycles. The second kappa shape index (κ2) is 7.74. The van der Waals surface area contributed by atoms with Crippen LogP contribution in [-0.4, -0.2) is 18.9 Å². The second-order valence-corrected chi connectivity index (χ2v) is 2.54. The first kappa shape index (κ1) is 13.4. The lowest BCUT2D eigenvalue weighted by Gasteiger charge is -1.98. The number of carbonyl (C=O) groups excluding carboxylic acids is 2. The Kier molecular flexibility index (Phi) is 6.89. The zero-order valence-corrected chi connectivity index (χ0v) is 9.32. The number of benzene rings is 1. The van der Waals surface area contributed by atoms with Crippen LogP contribution < -0.4 is 0 Å². The van der Waals surface area contributed by atoms with Crippen LogP contribution in [-0.2, 0) is 9.53 Å². The van der Waals surface area contributed by atoms with Gasteiger partial charge in [-0.25, -0.2) is 0 Å². The molecule has 0 saturated carbocycles. The minimum Gasteiger partial charge on any atom is -0.469 e. The topological polar surface area (TPSA) is 43.4 Å². The maximum Gasteiger partial charge on any atom is 0.313 e. The molecule has 0 N–H and O–H groups in total. The van der Waals surface area contributed by atoms with E-state index in [4.69, 9.17) is 0 Å². The van der Waals surface area contributed by atoms with Crippen LogP contribution in [0.25, 0.3) is 0 Å². The van der Waals surface area contributed by atoms with E-state index in [1.165, 1.54) is 7.11 Å². The van der Waals surface area contributed by atoms with E-state index in [1.54, 1.807) is 24.3 Å². The molecule has 82 valence electrons. The lowest BCUT2D eigenvalue weighted by atomic mass is 10.1.